The first-order chi connectivity index (χ1) is 13.6. The summed E-state index contributed by atoms with van der Waals surface area (Å²) in [7, 11) is 1.63. The molecule has 5 heteroatoms. The Hall–Kier alpha value is -3.24. The molecule has 0 fully saturated rings. The lowest BCUT2D eigenvalue weighted by molar-refractivity contribution is -0.110. The number of halogens is 1. The van der Waals surface area contributed by atoms with Gasteiger partial charge in [-0.3, -0.25) is 4.79 Å². The van der Waals surface area contributed by atoms with Gasteiger partial charge in [-0.15, -0.1) is 0 Å². The first-order valence-electron chi connectivity index (χ1n) is 8.98. The Kier molecular flexibility index (Phi) is 3.71. The van der Waals surface area contributed by atoms with Crippen molar-refractivity contribution in [2.75, 3.05) is 12.4 Å². The summed E-state index contributed by atoms with van der Waals surface area (Å²) in [6.45, 7) is 1.95. The fraction of sp³-hybridized carbons (Fsp3) is 0.0870. The van der Waals surface area contributed by atoms with E-state index >= 15 is 0 Å². The van der Waals surface area contributed by atoms with Crippen LogP contribution < -0.4 is 10.1 Å². The lowest BCUT2D eigenvalue weighted by Crippen LogP contribution is -2.03. The molecule has 2 N–H and O–H groups in total. The molecule has 0 bridgehead atoms. The van der Waals surface area contributed by atoms with Crippen LogP contribution in [0, 0.1) is 6.92 Å². The van der Waals surface area contributed by atoms with Gasteiger partial charge in [0.05, 0.1) is 12.6 Å². The number of fused-ring (bicyclic) bond motifs is 4. The second kappa shape index (κ2) is 6.14. The van der Waals surface area contributed by atoms with Crippen molar-refractivity contribution in [3.8, 4) is 5.75 Å². The monoisotopic (exact) mass is 388 g/mol. The number of carbonyl (C=O) groups is 1. The zero-order chi connectivity index (χ0) is 19.4. The van der Waals surface area contributed by atoms with Crippen molar-refractivity contribution in [3.63, 3.8) is 0 Å². The Morgan fingerprint density at radius 1 is 1.07 bits per heavy atom. The minimum Gasteiger partial charge on any atom is -0.496 e. The van der Waals surface area contributed by atoms with Gasteiger partial charge in [0.15, 0.2) is 0 Å². The average molecular weight is 389 g/mol. The van der Waals surface area contributed by atoms with E-state index in [1.807, 2.05) is 43.3 Å². The van der Waals surface area contributed by atoms with Gasteiger partial charge in [-0.05, 0) is 36.1 Å². The fourth-order valence-electron chi connectivity index (χ4n) is 3.90. The Bertz CT molecular complexity index is 1320. The van der Waals surface area contributed by atoms with E-state index in [0.717, 1.165) is 49.8 Å². The first-order valence-corrected chi connectivity index (χ1v) is 9.35. The molecule has 0 aliphatic carbocycles. The van der Waals surface area contributed by atoms with Crippen LogP contribution in [0.3, 0.4) is 0 Å². The maximum Gasteiger partial charge on any atom is 0.256 e. The van der Waals surface area contributed by atoms with Crippen LogP contribution in [0.25, 0.3) is 33.3 Å². The zero-order valence-corrected chi connectivity index (χ0v) is 16.1. The number of H-pyrrole nitrogens is 1. The van der Waals surface area contributed by atoms with Crippen molar-refractivity contribution in [3.05, 3.63) is 70.4 Å². The molecule has 0 saturated carbocycles. The number of methoxy groups -OCH3 is 1. The maximum absolute atomic E-state index is 12.7. The summed E-state index contributed by atoms with van der Waals surface area (Å²) in [6.07, 6.45) is 1.85. The topological polar surface area (TPSA) is 54.1 Å². The van der Waals surface area contributed by atoms with Crippen molar-refractivity contribution in [1.82, 2.24) is 4.98 Å². The van der Waals surface area contributed by atoms with Crippen molar-refractivity contribution < 1.29 is 9.53 Å². The molecule has 0 unspecified atom stereocenters. The Labute approximate surface area is 166 Å². The van der Waals surface area contributed by atoms with E-state index in [0.29, 0.717) is 10.7 Å². The number of aryl methyl sites for hydroxylation is 1. The van der Waals surface area contributed by atoms with E-state index in [4.69, 9.17) is 16.3 Å². The quantitative estimate of drug-likeness (QED) is 0.427. The lowest BCUT2D eigenvalue weighted by atomic mass is 10.0. The number of amides is 1. The predicted octanol–water partition coefficient (Wildman–Crippen LogP) is 5.78. The highest BCUT2D eigenvalue weighted by Crippen LogP contribution is 2.40. The largest absolute Gasteiger partial charge is 0.496 e. The molecule has 1 amide bonds. The van der Waals surface area contributed by atoms with E-state index in [1.165, 1.54) is 0 Å². The Balaban J connectivity index is 1.74. The van der Waals surface area contributed by atoms with Crippen molar-refractivity contribution >= 4 is 56.5 Å². The normalized spacial score (nSPS) is 14.7. The minimum atomic E-state index is -0.145. The number of rotatable bonds is 2. The number of hydrogen-bond donors (Lipinski definition) is 2. The number of aromatic nitrogens is 1. The summed E-state index contributed by atoms with van der Waals surface area (Å²) >= 11 is 6.55. The molecule has 4 nitrogen and oxygen atoms in total. The van der Waals surface area contributed by atoms with Crippen LogP contribution in [-0.2, 0) is 4.79 Å². The van der Waals surface area contributed by atoms with Crippen LogP contribution in [0.1, 0.15) is 16.7 Å². The third-order valence-corrected chi connectivity index (χ3v) is 5.60. The molecule has 2 heterocycles. The van der Waals surface area contributed by atoms with Gasteiger partial charge in [0.25, 0.3) is 5.91 Å². The van der Waals surface area contributed by atoms with E-state index in [9.17, 15) is 4.79 Å². The Morgan fingerprint density at radius 3 is 2.71 bits per heavy atom. The van der Waals surface area contributed by atoms with Gasteiger partial charge in [0.1, 0.15) is 10.9 Å². The number of carbonyl (C=O) groups excluding carboxylic acids is 1. The second-order valence-electron chi connectivity index (χ2n) is 6.94. The van der Waals surface area contributed by atoms with E-state index in [-0.39, 0.29) is 5.91 Å². The van der Waals surface area contributed by atoms with E-state index in [2.05, 4.69) is 28.5 Å². The average Bonchev–Trinajstić information content (AvgIpc) is 3.17. The summed E-state index contributed by atoms with van der Waals surface area (Å²) in [5.74, 6) is 0.603. The number of benzene rings is 3. The zero-order valence-electron chi connectivity index (χ0n) is 15.4. The smallest absolute Gasteiger partial charge is 0.256 e. The molecule has 1 aliphatic rings. The molecule has 0 spiro atoms. The molecule has 1 aromatic heterocycles. The number of aromatic amines is 1. The third kappa shape index (κ3) is 2.42. The third-order valence-electron chi connectivity index (χ3n) is 5.30. The standard InChI is InChI=1S/C23H17ClN2O2/c1-12-9-19-16(11-20(12)28-2)18(23(27)25-19)10-17-15-8-7-13-5-3-4-6-14(13)21(15)26-22(17)24/h3-11,26H,1-2H3,(H,25,27)/b18-10+. The van der Waals surface area contributed by atoms with Crippen LogP contribution >= 0.6 is 11.6 Å². The molecular formula is C23H17ClN2O2. The van der Waals surface area contributed by atoms with Gasteiger partial charge < -0.3 is 15.0 Å². The van der Waals surface area contributed by atoms with Gasteiger partial charge in [-0.2, -0.15) is 0 Å². The van der Waals surface area contributed by atoms with Crippen LogP contribution in [-0.4, -0.2) is 18.0 Å². The highest BCUT2D eigenvalue weighted by Gasteiger charge is 2.26. The molecule has 0 radical (unpaired) electrons. The molecule has 138 valence electrons. The van der Waals surface area contributed by atoms with Crippen LogP contribution in [0.15, 0.2) is 48.5 Å². The van der Waals surface area contributed by atoms with Gasteiger partial charge in [-0.25, -0.2) is 0 Å². The molecule has 1 aliphatic heterocycles. The van der Waals surface area contributed by atoms with Crippen LogP contribution in [0.4, 0.5) is 5.69 Å². The van der Waals surface area contributed by atoms with Crippen LogP contribution in [0.5, 0.6) is 5.75 Å². The van der Waals surface area contributed by atoms with Gasteiger partial charge in [-0.1, -0.05) is 48.0 Å². The maximum atomic E-state index is 12.7. The number of hydrogen-bond acceptors (Lipinski definition) is 2. The number of nitrogens with one attached hydrogen (secondary N) is 2. The molecule has 28 heavy (non-hydrogen) atoms. The summed E-state index contributed by atoms with van der Waals surface area (Å²) < 4.78 is 5.43. The highest BCUT2D eigenvalue weighted by molar-refractivity contribution is 6.38. The fourth-order valence-corrected chi connectivity index (χ4v) is 4.15. The molecule has 0 saturated heterocycles. The number of anilines is 1. The molecule has 5 rings (SSSR count). The summed E-state index contributed by atoms with van der Waals surface area (Å²) in [6, 6.07) is 16.1. The van der Waals surface area contributed by atoms with Crippen LogP contribution in [0.2, 0.25) is 5.15 Å². The SMILES string of the molecule is COc1cc2c(cc1C)NC(=O)/C2=C/c1c(Cl)[nH]c2c1ccc1ccccc12. The van der Waals surface area contributed by atoms with E-state index < -0.39 is 0 Å². The van der Waals surface area contributed by atoms with Gasteiger partial charge in [0.2, 0.25) is 0 Å². The Morgan fingerprint density at radius 2 is 1.89 bits per heavy atom. The highest BCUT2D eigenvalue weighted by atomic mass is 35.5. The summed E-state index contributed by atoms with van der Waals surface area (Å²) in [5, 5.41) is 6.66. The molecule has 0 atom stereocenters. The number of ether oxygens (including phenoxy) is 1. The summed E-state index contributed by atoms with van der Waals surface area (Å²) in [5.41, 5.74) is 4.92. The second-order valence-corrected chi connectivity index (χ2v) is 7.32. The molecule has 3 aromatic carbocycles. The van der Waals surface area contributed by atoms with Crippen molar-refractivity contribution in [2.24, 2.45) is 0 Å². The molecule has 4 aromatic rings. The van der Waals surface area contributed by atoms with Crippen molar-refractivity contribution in [1.29, 1.82) is 0 Å². The molecular weight excluding hydrogens is 372 g/mol. The van der Waals surface area contributed by atoms with Gasteiger partial charge >= 0.3 is 0 Å². The minimum absolute atomic E-state index is 0.145. The van der Waals surface area contributed by atoms with E-state index in [1.54, 1.807) is 7.11 Å². The van der Waals surface area contributed by atoms with Crippen molar-refractivity contribution in [2.45, 2.75) is 6.92 Å². The van der Waals surface area contributed by atoms with Gasteiger partial charge in [0, 0.05) is 33.2 Å². The first kappa shape index (κ1) is 16.9. The lowest BCUT2D eigenvalue weighted by Gasteiger charge is -2.07. The predicted molar refractivity (Wildman–Crippen MR) is 115 cm³/mol. The summed E-state index contributed by atoms with van der Waals surface area (Å²) in [4.78, 5) is 15.9.